The van der Waals surface area contributed by atoms with Crippen molar-refractivity contribution in [2.75, 3.05) is 7.11 Å². The number of halogens is 1. The lowest BCUT2D eigenvalue weighted by molar-refractivity contribution is 0.375. The molecule has 116 valence electrons. The molecule has 8 heteroatoms. The van der Waals surface area contributed by atoms with Gasteiger partial charge in [0.05, 0.1) is 29.4 Å². The van der Waals surface area contributed by atoms with E-state index in [0.29, 0.717) is 15.8 Å². The van der Waals surface area contributed by atoms with Crippen LogP contribution in [0.2, 0.25) is 0 Å². The molecule has 0 unspecified atom stereocenters. The summed E-state index contributed by atoms with van der Waals surface area (Å²) in [6.07, 6.45) is 1.23. The molecule has 3 N–H and O–H groups in total. The Kier molecular flexibility index (Phi) is 3.80. The Labute approximate surface area is 139 Å². The number of benzene rings is 1. The smallest absolute Gasteiger partial charge is 0.258 e. The molecule has 2 heterocycles. The van der Waals surface area contributed by atoms with Gasteiger partial charge < -0.3 is 20.2 Å². The zero-order valence-corrected chi connectivity index (χ0v) is 13.5. The molecule has 23 heavy (non-hydrogen) atoms. The molecule has 1 aromatic carbocycles. The van der Waals surface area contributed by atoms with E-state index in [2.05, 4.69) is 25.9 Å². The van der Waals surface area contributed by atoms with Crippen LogP contribution < -0.4 is 20.8 Å². The highest BCUT2D eigenvalue weighted by atomic mass is 79.9. The first-order valence-corrected chi connectivity index (χ1v) is 7.34. The summed E-state index contributed by atoms with van der Waals surface area (Å²) in [7, 11) is 1.55. The number of fused-ring (bicyclic) bond motifs is 1. The van der Waals surface area contributed by atoms with Gasteiger partial charge >= 0.3 is 0 Å². The number of nitrogens with two attached hydrogens (primary N) is 1. The second kappa shape index (κ2) is 5.78. The molecule has 2 aromatic rings. The van der Waals surface area contributed by atoms with E-state index in [0.717, 1.165) is 0 Å². The van der Waals surface area contributed by atoms with E-state index in [1.165, 1.54) is 6.33 Å². The molecule has 1 aliphatic rings. The Hall–Kier alpha value is -2.79. The van der Waals surface area contributed by atoms with Crippen LogP contribution in [0.4, 0.5) is 0 Å². The Bertz CT molecular complexity index is 914. The van der Waals surface area contributed by atoms with Gasteiger partial charge in [0, 0.05) is 0 Å². The van der Waals surface area contributed by atoms with Crippen LogP contribution in [0.3, 0.4) is 0 Å². The minimum Gasteiger partial charge on any atom is -0.496 e. The molecular weight excluding hydrogens is 364 g/mol. The van der Waals surface area contributed by atoms with Crippen LogP contribution in [0.15, 0.2) is 45.2 Å². The van der Waals surface area contributed by atoms with Crippen LogP contribution >= 0.6 is 15.9 Å². The first-order valence-electron chi connectivity index (χ1n) is 6.55. The van der Waals surface area contributed by atoms with Gasteiger partial charge in [-0.05, 0) is 33.6 Å². The molecule has 0 amide bonds. The lowest BCUT2D eigenvalue weighted by atomic mass is 9.85. The molecule has 1 atom stereocenters. The Morgan fingerprint density at radius 3 is 2.96 bits per heavy atom. The topological polar surface area (TPSA) is 114 Å². The second-order valence-corrected chi connectivity index (χ2v) is 5.62. The van der Waals surface area contributed by atoms with Crippen molar-refractivity contribution in [3.05, 3.63) is 61.9 Å². The number of aromatic amines is 1. The van der Waals surface area contributed by atoms with Crippen molar-refractivity contribution in [1.82, 2.24) is 9.97 Å². The number of nitrogens with one attached hydrogen (secondary N) is 1. The number of ether oxygens (including phenoxy) is 2. The number of methoxy groups -OCH3 is 1. The second-order valence-electron chi connectivity index (χ2n) is 4.77. The van der Waals surface area contributed by atoms with Gasteiger partial charge in [-0.1, -0.05) is 6.07 Å². The first-order chi connectivity index (χ1) is 11.1. The highest BCUT2D eigenvalue weighted by molar-refractivity contribution is 9.10. The summed E-state index contributed by atoms with van der Waals surface area (Å²) in [5.41, 5.74) is 6.54. The van der Waals surface area contributed by atoms with Gasteiger partial charge in [0.15, 0.2) is 0 Å². The van der Waals surface area contributed by atoms with Crippen molar-refractivity contribution in [2.45, 2.75) is 5.92 Å². The van der Waals surface area contributed by atoms with Crippen LogP contribution in [0, 0.1) is 11.3 Å². The van der Waals surface area contributed by atoms with Crippen molar-refractivity contribution in [2.24, 2.45) is 5.73 Å². The monoisotopic (exact) mass is 374 g/mol. The molecule has 0 bridgehead atoms. The Morgan fingerprint density at radius 2 is 2.30 bits per heavy atom. The van der Waals surface area contributed by atoms with E-state index >= 15 is 0 Å². The molecular formula is C15H11BrN4O3. The van der Waals surface area contributed by atoms with Gasteiger partial charge in [0.2, 0.25) is 11.8 Å². The van der Waals surface area contributed by atoms with E-state index in [1.54, 1.807) is 25.3 Å². The minimum atomic E-state index is -0.664. The maximum Gasteiger partial charge on any atom is 0.258 e. The quantitative estimate of drug-likeness (QED) is 0.827. The maximum absolute atomic E-state index is 12.2. The lowest BCUT2D eigenvalue weighted by Gasteiger charge is -2.24. The fourth-order valence-electron chi connectivity index (χ4n) is 2.49. The lowest BCUT2D eigenvalue weighted by Crippen LogP contribution is -2.28. The number of allylic oxidation sites excluding steroid dienone is 1. The van der Waals surface area contributed by atoms with Gasteiger partial charge in [-0.2, -0.15) is 5.26 Å². The first kappa shape index (κ1) is 15.1. The van der Waals surface area contributed by atoms with E-state index in [-0.39, 0.29) is 28.5 Å². The van der Waals surface area contributed by atoms with Crippen molar-refractivity contribution in [1.29, 1.82) is 5.26 Å². The summed E-state index contributed by atoms with van der Waals surface area (Å²) >= 11 is 3.40. The summed E-state index contributed by atoms with van der Waals surface area (Å²) in [5, 5.41) is 9.44. The van der Waals surface area contributed by atoms with Gasteiger partial charge in [0.25, 0.3) is 5.56 Å². The predicted molar refractivity (Wildman–Crippen MR) is 84.8 cm³/mol. The van der Waals surface area contributed by atoms with Crippen molar-refractivity contribution < 1.29 is 9.47 Å². The number of rotatable bonds is 2. The molecule has 0 saturated carbocycles. The normalized spacial score (nSPS) is 16.3. The number of aromatic nitrogens is 2. The molecule has 7 nitrogen and oxygen atoms in total. The van der Waals surface area contributed by atoms with Crippen LogP contribution in [0.5, 0.6) is 11.6 Å². The highest BCUT2D eigenvalue weighted by Crippen LogP contribution is 2.40. The van der Waals surface area contributed by atoms with Crippen molar-refractivity contribution >= 4 is 15.9 Å². The SMILES string of the molecule is COc1ccc([C@@H]2C(C#N)=C(N)Oc3nc[nH]c(=O)c32)cc1Br. The Balaban J connectivity index is 2.26. The summed E-state index contributed by atoms with van der Waals surface area (Å²) in [6.45, 7) is 0. The zero-order valence-electron chi connectivity index (χ0n) is 12.0. The average Bonchev–Trinajstić information content (AvgIpc) is 2.53. The molecule has 0 spiro atoms. The molecule has 0 aliphatic carbocycles. The van der Waals surface area contributed by atoms with E-state index in [1.807, 2.05) is 6.07 Å². The van der Waals surface area contributed by atoms with Crippen molar-refractivity contribution in [3.63, 3.8) is 0 Å². The van der Waals surface area contributed by atoms with Gasteiger partial charge in [-0.25, -0.2) is 4.98 Å². The highest BCUT2D eigenvalue weighted by Gasteiger charge is 2.34. The van der Waals surface area contributed by atoms with Crippen LogP contribution in [0.1, 0.15) is 17.0 Å². The van der Waals surface area contributed by atoms with Gasteiger partial charge in [-0.15, -0.1) is 0 Å². The number of nitriles is 1. The largest absolute Gasteiger partial charge is 0.496 e. The minimum absolute atomic E-state index is 0.0601. The summed E-state index contributed by atoms with van der Waals surface area (Å²) in [6, 6.07) is 7.30. The number of hydrogen-bond acceptors (Lipinski definition) is 6. The standard InChI is InChI=1S/C15H11BrN4O3/c1-22-10-3-2-7(4-9(10)16)11-8(5-17)13(18)23-15-12(11)14(21)19-6-20-15/h2-4,6,11H,18H2,1H3,(H,19,20,21)/t11-/m1/s1. The third-order valence-corrected chi connectivity index (χ3v) is 4.15. The summed E-state index contributed by atoms with van der Waals surface area (Å²) in [4.78, 5) is 18.7. The maximum atomic E-state index is 12.2. The van der Waals surface area contributed by atoms with Crippen LogP contribution in [0.25, 0.3) is 0 Å². The van der Waals surface area contributed by atoms with Crippen LogP contribution in [-0.4, -0.2) is 17.1 Å². The zero-order chi connectivity index (χ0) is 16.6. The van der Waals surface area contributed by atoms with E-state index in [4.69, 9.17) is 15.2 Å². The van der Waals surface area contributed by atoms with Crippen molar-refractivity contribution in [3.8, 4) is 17.7 Å². The molecule has 1 aliphatic heterocycles. The molecule has 0 saturated heterocycles. The fourth-order valence-corrected chi connectivity index (χ4v) is 3.05. The third kappa shape index (κ3) is 2.45. The van der Waals surface area contributed by atoms with Gasteiger partial charge in [-0.3, -0.25) is 4.79 Å². The third-order valence-electron chi connectivity index (χ3n) is 3.53. The molecule has 0 radical (unpaired) electrons. The number of hydrogen-bond donors (Lipinski definition) is 2. The molecule has 0 fully saturated rings. The number of nitrogens with zero attached hydrogens (tertiary/aromatic N) is 2. The average molecular weight is 375 g/mol. The van der Waals surface area contributed by atoms with Gasteiger partial charge in [0.1, 0.15) is 17.4 Å². The summed E-state index contributed by atoms with van der Waals surface area (Å²) < 4.78 is 11.2. The van der Waals surface area contributed by atoms with Crippen LogP contribution in [-0.2, 0) is 0 Å². The molecule has 3 rings (SSSR count). The van der Waals surface area contributed by atoms with E-state index in [9.17, 15) is 10.1 Å². The Morgan fingerprint density at radius 1 is 1.52 bits per heavy atom. The predicted octanol–water partition coefficient (Wildman–Crippen LogP) is 1.76. The number of H-pyrrole nitrogens is 1. The fraction of sp³-hybridized carbons (Fsp3) is 0.133. The molecule has 1 aromatic heterocycles. The summed E-state index contributed by atoms with van der Waals surface area (Å²) in [5.74, 6) is 0.0113. The van der Waals surface area contributed by atoms with E-state index < -0.39 is 5.92 Å².